The quantitative estimate of drug-likeness (QED) is 0.707. The fraction of sp³-hybridized carbons (Fsp3) is 0.476. The maximum Gasteiger partial charge on any atom is 0.272 e. The van der Waals surface area contributed by atoms with Crippen molar-refractivity contribution in [1.29, 1.82) is 0 Å². The van der Waals surface area contributed by atoms with Crippen LogP contribution < -0.4 is 15.0 Å². The van der Waals surface area contributed by atoms with E-state index in [1.165, 1.54) is 12.8 Å². The number of nitrogens with one attached hydrogen (secondary N) is 1. The third kappa shape index (κ3) is 4.91. The van der Waals surface area contributed by atoms with Crippen LogP contribution in [0, 0.1) is 0 Å². The molecule has 0 atom stereocenters. The van der Waals surface area contributed by atoms with Gasteiger partial charge >= 0.3 is 0 Å². The van der Waals surface area contributed by atoms with Gasteiger partial charge in [-0.1, -0.05) is 31.9 Å². The van der Waals surface area contributed by atoms with Crippen molar-refractivity contribution in [3.63, 3.8) is 0 Å². The Morgan fingerprint density at radius 1 is 1.14 bits per heavy atom. The van der Waals surface area contributed by atoms with Gasteiger partial charge in [0.05, 0.1) is 12.8 Å². The Balaban J connectivity index is 1.58. The van der Waals surface area contributed by atoms with Gasteiger partial charge in [0.15, 0.2) is 0 Å². The lowest BCUT2D eigenvalue weighted by molar-refractivity contribution is 0.0740. The fourth-order valence-electron chi connectivity index (χ4n) is 3.34. The first kappa shape index (κ1) is 19.9. The van der Waals surface area contributed by atoms with Crippen LogP contribution in [0.15, 0.2) is 36.5 Å². The molecule has 1 amide bonds. The number of aromatic nitrogens is 2. The van der Waals surface area contributed by atoms with Crippen molar-refractivity contribution in [2.24, 2.45) is 0 Å². The first-order valence-corrected chi connectivity index (χ1v) is 9.97. The summed E-state index contributed by atoms with van der Waals surface area (Å²) >= 11 is 0. The minimum atomic E-state index is -0.0429. The molecule has 150 valence electrons. The van der Waals surface area contributed by atoms with E-state index in [9.17, 15) is 4.79 Å². The van der Waals surface area contributed by atoms with Gasteiger partial charge in [0.2, 0.25) is 5.95 Å². The summed E-state index contributed by atoms with van der Waals surface area (Å²) in [5, 5.41) is 3.20. The van der Waals surface area contributed by atoms with E-state index in [4.69, 9.17) is 4.74 Å². The maximum atomic E-state index is 12.9. The van der Waals surface area contributed by atoms with Gasteiger partial charge in [-0.2, -0.15) is 0 Å². The lowest BCUT2D eigenvalue weighted by atomic mass is 10.2. The van der Waals surface area contributed by atoms with E-state index in [0.717, 1.165) is 37.5 Å². The van der Waals surface area contributed by atoms with E-state index in [1.54, 1.807) is 19.4 Å². The van der Waals surface area contributed by atoms with Crippen LogP contribution in [0.3, 0.4) is 0 Å². The van der Waals surface area contributed by atoms with Crippen molar-refractivity contribution in [1.82, 2.24) is 14.9 Å². The number of carbonyl (C=O) groups is 1. The van der Waals surface area contributed by atoms with Crippen LogP contribution in [-0.2, 0) is 0 Å². The van der Waals surface area contributed by atoms with Gasteiger partial charge in [0, 0.05) is 38.9 Å². The number of anilines is 2. The molecule has 1 aromatic heterocycles. The molecule has 0 saturated carbocycles. The average molecular weight is 383 g/mol. The Morgan fingerprint density at radius 3 is 2.68 bits per heavy atom. The number of ether oxygens (including phenoxy) is 1. The largest absolute Gasteiger partial charge is 0.495 e. The van der Waals surface area contributed by atoms with Crippen LogP contribution in [0.5, 0.6) is 5.75 Å². The first-order chi connectivity index (χ1) is 13.7. The fourth-order valence-corrected chi connectivity index (χ4v) is 3.34. The second-order valence-electron chi connectivity index (χ2n) is 6.85. The lowest BCUT2D eigenvalue weighted by Gasteiger charge is -2.36. The first-order valence-electron chi connectivity index (χ1n) is 9.97. The topological polar surface area (TPSA) is 70.6 Å². The molecular weight excluding hydrogens is 354 g/mol. The standard InChI is InChI=1S/C21H29N5O2/c1-3-4-7-11-22-21-23-12-10-17(24-21)20(27)26-15-13-25(14-16-26)18-8-5-6-9-19(18)28-2/h5-6,8-10,12H,3-4,7,11,13-16H2,1-2H3,(H,22,23,24). The molecule has 0 spiro atoms. The molecule has 0 radical (unpaired) electrons. The van der Waals surface area contributed by atoms with Gasteiger partial charge in [0.25, 0.3) is 5.91 Å². The van der Waals surface area contributed by atoms with Crippen LogP contribution in [0.4, 0.5) is 11.6 Å². The number of hydrogen-bond donors (Lipinski definition) is 1. The molecule has 7 heteroatoms. The van der Waals surface area contributed by atoms with E-state index in [0.29, 0.717) is 24.7 Å². The predicted octanol–water partition coefficient (Wildman–Crippen LogP) is 3.05. The van der Waals surface area contributed by atoms with E-state index >= 15 is 0 Å². The number of nitrogens with zero attached hydrogens (tertiary/aromatic N) is 4. The highest BCUT2D eigenvalue weighted by Crippen LogP contribution is 2.28. The summed E-state index contributed by atoms with van der Waals surface area (Å²) in [6.07, 6.45) is 5.06. The predicted molar refractivity (Wildman–Crippen MR) is 111 cm³/mol. The minimum Gasteiger partial charge on any atom is -0.495 e. The van der Waals surface area contributed by atoms with Crippen LogP contribution >= 0.6 is 0 Å². The molecule has 0 unspecified atom stereocenters. The molecule has 3 rings (SSSR count). The summed E-state index contributed by atoms with van der Waals surface area (Å²) in [5.41, 5.74) is 1.51. The Labute approximate surface area is 166 Å². The molecule has 1 fully saturated rings. The number of amides is 1. The zero-order valence-corrected chi connectivity index (χ0v) is 16.7. The molecule has 1 aliphatic rings. The van der Waals surface area contributed by atoms with Crippen LogP contribution in [0.1, 0.15) is 36.7 Å². The van der Waals surface area contributed by atoms with Crippen molar-refractivity contribution in [2.75, 3.05) is 50.1 Å². The van der Waals surface area contributed by atoms with E-state index in [2.05, 4.69) is 33.2 Å². The molecular formula is C21H29N5O2. The van der Waals surface area contributed by atoms with Crippen LogP contribution in [-0.4, -0.2) is 60.6 Å². The van der Waals surface area contributed by atoms with Crippen molar-refractivity contribution < 1.29 is 9.53 Å². The molecule has 1 aromatic carbocycles. The Morgan fingerprint density at radius 2 is 1.93 bits per heavy atom. The van der Waals surface area contributed by atoms with Gasteiger partial charge in [-0.15, -0.1) is 0 Å². The third-order valence-electron chi connectivity index (χ3n) is 4.93. The second-order valence-corrected chi connectivity index (χ2v) is 6.85. The van der Waals surface area contributed by atoms with E-state index < -0.39 is 0 Å². The summed E-state index contributed by atoms with van der Waals surface area (Å²) in [4.78, 5) is 25.6. The number of unbranched alkanes of at least 4 members (excludes halogenated alkanes) is 2. The summed E-state index contributed by atoms with van der Waals surface area (Å²) < 4.78 is 5.46. The minimum absolute atomic E-state index is 0.0429. The summed E-state index contributed by atoms with van der Waals surface area (Å²) in [5.74, 6) is 1.34. The molecule has 28 heavy (non-hydrogen) atoms. The molecule has 1 N–H and O–H groups in total. The van der Waals surface area contributed by atoms with Crippen LogP contribution in [0.25, 0.3) is 0 Å². The number of benzene rings is 1. The van der Waals surface area contributed by atoms with Crippen LogP contribution in [0.2, 0.25) is 0 Å². The van der Waals surface area contributed by atoms with Crippen molar-refractivity contribution in [3.05, 3.63) is 42.2 Å². The van der Waals surface area contributed by atoms with Crippen molar-refractivity contribution >= 4 is 17.5 Å². The second kappa shape index (κ2) is 9.92. The Hall–Kier alpha value is -2.83. The average Bonchev–Trinajstić information content (AvgIpc) is 2.76. The number of methoxy groups -OCH3 is 1. The number of piperazine rings is 1. The molecule has 0 bridgehead atoms. The van der Waals surface area contributed by atoms with Gasteiger partial charge in [0.1, 0.15) is 11.4 Å². The van der Waals surface area contributed by atoms with Gasteiger partial charge < -0.3 is 19.9 Å². The highest BCUT2D eigenvalue weighted by atomic mass is 16.5. The zero-order valence-electron chi connectivity index (χ0n) is 16.7. The number of rotatable bonds is 8. The molecule has 7 nitrogen and oxygen atoms in total. The summed E-state index contributed by atoms with van der Waals surface area (Å²) in [6, 6.07) is 9.67. The highest BCUT2D eigenvalue weighted by Gasteiger charge is 2.24. The number of carbonyl (C=O) groups excluding carboxylic acids is 1. The molecule has 2 heterocycles. The summed E-state index contributed by atoms with van der Waals surface area (Å²) in [6.45, 7) is 5.82. The van der Waals surface area contributed by atoms with Gasteiger partial charge in [-0.25, -0.2) is 9.97 Å². The summed E-state index contributed by atoms with van der Waals surface area (Å²) in [7, 11) is 1.68. The third-order valence-corrected chi connectivity index (χ3v) is 4.93. The van der Waals surface area contributed by atoms with Gasteiger partial charge in [-0.05, 0) is 24.6 Å². The van der Waals surface area contributed by atoms with Gasteiger partial charge in [-0.3, -0.25) is 4.79 Å². The normalized spacial score (nSPS) is 14.1. The Kier molecular flexibility index (Phi) is 7.06. The number of hydrogen-bond acceptors (Lipinski definition) is 6. The molecule has 0 aliphatic carbocycles. The van der Waals surface area contributed by atoms with Crippen molar-refractivity contribution in [3.8, 4) is 5.75 Å². The van der Waals surface area contributed by atoms with E-state index in [-0.39, 0.29) is 5.91 Å². The highest BCUT2D eigenvalue weighted by molar-refractivity contribution is 5.92. The lowest BCUT2D eigenvalue weighted by Crippen LogP contribution is -2.49. The zero-order chi connectivity index (χ0) is 19.8. The SMILES string of the molecule is CCCCCNc1nccc(C(=O)N2CCN(c3ccccc3OC)CC2)n1. The molecule has 1 saturated heterocycles. The number of para-hydroxylation sites is 2. The monoisotopic (exact) mass is 383 g/mol. The molecule has 1 aliphatic heterocycles. The molecule has 2 aromatic rings. The maximum absolute atomic E-state index is 12.9. The van der Waals surface area contributed by atoms with Crippen molar-refractivity contribution in [2.45, 2.75) is 26.2 Å². The Bertz CT molecular complexity index is 775. The van der Waals surface area contributed by atoms with E-state index in [1.807, 2.05) is 23.1 Å². The smallest absolute Gasteiger partial charge is 0.272 e.